The lowest BCUT2D eigenvalue weighted by atomic mass is 10.1. The predicted molar refractivity (Wildman–Crippen MR) is 99.9 cm³/mol. The number of carbonyl (C=O) groups excluding carboxylic acids is 1. The third-order valence-corrected chi connectivity index (χ3v) is 7.03. The molecule has 1 atom stereocenters. The van der Waals surface area contributed by atoms with Gasteiger partial charge in [-0.25, -0.2) is 8.42 Å². The third-order valence-electron chi connectivity index (χ3n) is 5.12. The molecule has 1 aromatic rings. The van der Waals surface area contributed by atoms with E-state index >= 15 is 0 Å². The molecule has 3 rings (SSSR count). The summed E-state index contributed by atoms with van der Waals surface area (Å²) in [7, 11) is -3.45. The number of aliphatic carboxylic acids is 1. The van der Waals surface area contributed by atoms with Crippen molar-refractivity contribution in [2.45, 2.75) is 30.6 Å². The minimum Gasteiger partial charge on any atom is -0.481 e. The Hall–Kier alpha value is -1.97. The summed E-state index contributed by atoms with van der Waals surface area (Å²) in [6, 6.07) is 6.22. The molecule has 0 spiro atoms. The van der Waals surface area contributed by atoms with Gasteiger partial charge in [-0.1, -0.05) is 0 Å². The largest absolute Gasteiger partial charge is 0.481 e. The molecule has 2 fully saturated rings. The number of sulfonamides is 1. The van der Waals surface area contributed by atoms with Gasteiger partial charge in [0, 0.05) is 38.3 Å². The lowest BCUT2D eigenvalue weighted by molar-refractivity contribution is -0.141. The Bertz CT molecular complexity index is 788. The first-order valence-electron chi connectivity index (χ1n) is 9.21. The van der Waals surface area contributed by atoms with Gasteiger partial charge in [0.25, 0.3) is 0 Å². The van der Waals surface area contributed by atoms with E-state index in [-0.39, 0.29) is 23.1 Å². The maximum atomic E-state index is 12.5. The number of hydrogen-bond donors (Lipinski definition) is 2. The van der Waals surface area contributed by atoms with Crippen molar-refractivity contribution in [3.8, 4) is 0 Å². The fourth-order valence-electron chi connectivity index (χ4n) is 3.51. The Balaban J connectivity index is 1.49. The normalized spacial score (nSPS) is 21.4. The molecule has 1 aromatic carbocycles. The highest BCUT2D eigenvalue weighted by Gasteiger charge is 2.28. The van der Waals surface area contributed by atoms with E-state index in [1.807, 2.05) is 4.90 Å². The fourth-order valence-corrected chi connectivity index (χ4v) is 5.03. The molecule has 0 aromatic heterocycles. The lowest BCUT2D eigenvalue weighted by Gasteiger charge is -2.16. The molecule has 2 saturated heterocycles. The standard InChI is InChI=1S/C18H25N3O5S/c22-17(8-12-20-11-7-14(13-20)18(23)24)19-15-3-5-16(6-4-15)27(25,26)21-9-1-2-10-21/h3-6,14H,1-2,7-13H2,(H,19,22)(H,23,24). The van der Waals surface area contributed by atoms with Crippen LogP contribution in [0.4, 0.5) is 5.69 Å². The topological polar surface area (TPSA) is 107 Å². The number of carbonyl (C=O) groups is 2. The van der Waals surface area contributed by atoms with Crippen LogP contribution < -0.4 is 5.32 Å². The Morgan fingerprint density at radius 3 is 2.37 bits per heavy atom. The molecule has 2 heterocycles. The summed E-state index contributed by atoms with van der Waals surface area (Å²) in [4.78, 5) is 25.3. The summed E-state index contributed by atoms with van der Waals surface area (Å²) in [5, 5.41) is 11.8. The highest BCUT2D eigenvalue weighted by molar-refractivity contribution is 7.89. The zero-order valence-electron chi connectivity index (χ0n) is 15.1. The van der Waals surface area contributed by atoms with Crippen LogP contribution in [0.15, 0.2) is 29.2 Å². The van der Waals surface area contributed by atoms with Crippen molar-refractivity contribution in [1.82, 2.24) is 9.21 Å². The molecule has 2 aliphatic rings. The zero-order chi connectivity index (χ0) is 19.4. The van der Waals surface area contributed by atoms with Gasteiger partial charge in [-0.05, 0) is 50.1 Å². The van der Waals surface area contributed by atoms with E-state index in [0.717, 1.165) is 12.8 Å². The smallest absolute Gasteiger partial charge is 0.307 e. The molecule has 2 aliphatic heterocycles. The average molecular weight is 395 g/mol. The molecule has 0 radical (unpaired) electrons. The van der Waals surface area contributed by atoms with Crippen molar-refractivity contribution >= 4 is 27.6 Å². The first kappa shape index (κ1) is 19.8. The Kier molecular flexibility index (Phi) is 6.13. The summed E-state index contributed by atoms with van der Waals surface area (Å²) in [5.41, 5.74) is 0.546. The van der Waals surface area contributed by atoms with Gasteiger partial charge >= 0.3 is 5.97 Å². The minimum atomic E-state index is -3.45. The van der Waals surface area contributed by atoms with Crippen LogP contribution in [0.5, 0.6) is 0 Å². The molecule has 0 saturated carbocycles. The van der Waals surface area contributed by atoms with E-state index in [1.165, 1.54) is 16.4 Å². The SMILES string of the molecule is O=C(CCN1CCC(C(=O)O)C1)Nc1ccc(S(=O)(=O)N2CCCC2)cc1. The van der Waals surface area contributed by atoms with Crippen molar-refractivity contribution in [2.75, 3.05) is 38.0 Å². The van der Waals surface area contributed by atoms with Gasteiger partial charge in [0.15, 0.2) is 0 Å². The average Bonchev–Trinajstić information content (AvgIpc) is 3.32. The van der Waals surface area contributed by atoms with Gasteiger partial charge in [-0.15, -0.1) is 0 Å². The van der Waals surface area contributed by atoms with E-state index < -0.39 is 16.0 Å². The minimum absolute atomic E-state index is 0.177. The molecule has 0 aliphatic carbocycles. The van der Waals surface area contributed by atoms with Crippen molar-refractivity contribution in [1.29, 1.82) is 0 Å². The molecule has 0 bridgehead atoms. The number of benzene rings is 1. The molecule has 9 heteroatoms. The summed E-state index contributed by atoms with van der Waals surface area (Å²) < 4.78 is 26.5. The van der Waals surface area contributed by atoms with Crippen LogP contribution in [0.25, 0.3) is 0 Å². The Morgan fingerprint density at radius 2 is 1.78 bits per heavy atom. The number of carboxylic acids is 1. The molecule has 27 heavy (non-hydrogen) atoms. The second-order valence-electron chi connectivity index (χ2n) is 7.06. The van der Waals surface area contributed by atoms with Crippen LogP contribution in [0.2, 0.25) is 0 Å². The van der Waals surface area contributed by atoms with Crippen molar-refractivity contribution < 1.29 is 23.1 Å². The Morgan fingerprint density at radius 1 is 1.11 bits per heavy atom. The second-order valence-corrected chi connectivity index (χ2v) is 9.00. The number of amides is 1. The number of anilines is 1. The van der Waals surface area contributed by atoms with Gasteiger partial charge < -0.3 is 15.3 Å². The highest BCUT2D eigenvalue weighted by Crippen LogP contribution is 2.22. The summed E-state index contributed by atoms with van der Waals surface area (Å²) in [6.45, 7) is 2.79. The third kappa shape index (κ3) is 4.85. The van der Waals surface area contributed by atoms with Crippen molar-refractivity contribution in [2.24, 2.45) is 5.92 Å². The van der Waals surface area contributed by atoms with E-state index in [0.29, 0.717) is 44.8 Å². The molecule has 1 unspecified atom stereocenters. The number of likely N-dealkylation sites (tertiary alicyclic amines) is 1. The van der Waals surface area contributed by atoms with E-state index in [2.05, 4.69) is 5.32 Å². The van der Waals surface area contributed by atoms with Gasteiger partial charge in [0.1, 0.15) is 0 Å². The fraction of sp³-hybridized carbons (Fsp3) is 0.556. The maximum absolute atomic E-state index is 12.5. The summed E-state index contributed by atoms with van der Waals surface area (Å²) >= 11 is 0. The monoisotopic (exact) mass is 395 g/mol. The zero-order valence-corrected chi connectivity index (χ0v) is 16.0. The molecular formula is C18H25N3O5S. The van der Waals surface area contributed by atoms with Gasteiger partial charge in [-0.2, -0.15) is 4.31 Å². The lowest BCUT2D eigenvalue weighted by Crippen LogP contribution is -2.28. The van der Waals surface area contributed by atoms with Crippen molar-refractivity contribution in [3.63, 3.8) is 0 Å². The molecule has 2 N–H and O–H groups in total. The van der Waals surface area contributed by atoms with Gasteiger partial charge in [0.2, 0.25) is 15.9 Å². The number of carboxylic acid groups (broad SMARTS) is 1. The predicted octanol–water partition coefficient (Wildman–Crippen LogP) is 1.21. The number of nitrogens with one attached hydrogen (secondary N) is 1. The first-order chi connectivity index (χ1) is 12.9. The van der Waals surface area contributed by atoms with Crippen LogP contribution in [-0.4, -0.2) is 67.3 Å². The van der Waals surface area contributed by atoms with Crippen LogP contribution >= 0.6 is 0 Å². The van der Waals surface area contributed by atoms with Gasteiger partial charge in [0.05, 0.1) is 10.8 Å². The van der Waals surface area contributed by atoms with E-state index in [9.17, 15) is 18.0 Å². The number of hydrogen-bond acceptors (Lipinski definition) is 5. The Labute approximate surface area is 159 Å². The second kappa shape index (κ2) is 8.37. The quantitative estimate of drug-likeness (QED) is 0.719. The van der Waals surface area contributed by atoms with Gasteiger partial charge in [-0.3, -0.25) is 9.59 Å². The summed E-state index contributed by atoms with van der Waals surface area (Å²) in [6.07, 6.45) is 2.65. The first-order valence-corrected chi connectivity index (χ1v) is 10.7. The summed E-state index contributed by atoms with van der Waals surface area (Å²) in [5.74, 6) is -1.31. The van der Waals surface area contributed by atoms with E-state index in [4.69, 9.17) is 5.11 Å². The van der Waals surface area contributed by atoms with E-state index in [1.54, 1.807) is 12.1 Å². The maximum Gasteiger partial charge on any atom is 0.307 e. The van der Waals surface area contributed by atoms with Crippen LogP contribution in [0, 0.1) is 5.92 Å². The van der Waals surface area contributed by atoms with Crippen LogP contribution in [-0.2, 0) is 19.6 Å². The number of rotatable bonds is 7. The number of nitrogens with zero attached hydrogens (tertiary/aromatic N) is 2. The molecule has 1 amide bonds. The highest BCUT2D eigenvalue weighted by atomic mass is 32.2. The van der Waals surface area contributed by atoms with Crippen molar-refractivity contribution in [3.05, 3.63) is 24.3 Å². The van der Waals surface area contributed by atoms with Crippen LogP contribution in [0.1, 0.15) is 25.7 Å². The molecule has 148 valence electrons. The molecular weight excluding hydrogens is 370 g/mol. The molecule has 8 nitrogen and oxygen atoms in total. The van der Waals surface area contributed by atoms with Crippen LogP contribution in [0.3, 0.4) is 0 Å².